The SMILES string of the molecule is CCOc1cc(C=C2C(=O)NC(=O)NC2=O)cc(I)c1OCc1c(C)ccc2ccccc12. The molecule has 0 atom stereocenters. The molecule has 7 nitrogen and oxygen atoms in total. The molecule has 1 fully saturated rings. The van der Waals surface area contributed by atoms with E-state index in [0.717, 1.165) is 25.5 Å². The Balaban J connectivity index is 1.67. The number of nitrogens with one attached hydrogen (secondary N) is 2. The molecule has 33 heavy (non-hydrogen) atoms. The number of imide groups is 2. The van der Waals surface area contributed by atoms with Crippen molar-refractivity contribution in [3.05, 3.63) is 74.4 Å². The Morgan fingerprint density at radius 1 is 0.970 bits per heavy atom. The van der Waals surface area contributed by atoms with Crippen molar-refractivity contribution in [2.45, 2.75) is 20.5 Å². The van der Waals surface area contributed by atoms with Crippen LogP contribution in [0, 0.1) is 10.5 Å². The lowest BCUT2D eigenvalue weighted by Gasteiger charge is -2.17. The molecular formula is C25H21IN2O5. The van der Waals surface area contributed by atoms with E-state index in [1.807, 2.05) is 19.1 Å². The molecule has 0 aromatic heterocycles. The highest BCUT2D eigenvalue weighted by atomic mass is 127. The average Bonchev–Trinajstić information content (AvgIpc) is 2.77. The molecule has 1 saturated heterocycles. The van der Waals surface area contributed by atoms with Crippen molar-refractivity contribution in [1.29, 1.82) is 0 Å². The van der Waals surface area contributed by atoms with Crippen LogP contribution in [0.3, 0.4) is 0 Å². The van der Waals surface area contributed by atoms with E-state index < -0.39 is 17.8 Å². The fraction of sp³-hybridized carbons (Fsp3) is 0.160. The number of aryl methyl sites for hydroxylation is 1. The molecule has 0 radical (unpaired) electrons. The minimum Gasteiger partial charge on any atom is -0.490 e. The van der Waals surface area contributed by atoms with Gasteiger partial charge in [-0.05, 0) is 76.5 Å². The van der Waals surface area contributed by atoms with Crippen LogP contribution in [0.25, 0.3) is 16.8 Å². The van der Waals surface area contributed by atoms with Gasteiger partial charge in [-0.25, -0.2) is 4.79 Å². The van der Waals surface area contributed by atoms with E-state index in [0.29, 0.717) is 30.3 Å². The van der Waals surface area contributed by atoms with Crippen molar-refractivity contribution in [3.63, 3.8) is 0 Å². The lowest BCUT2D eigenvalue weighted by Crippen LogP contribution is -2.51. The Morgan fingerprint density at radius 2 is 1.70 bits per heavy atom. The first kappa shape index (κ1) is 22.8. The summed E-state index contributed by atoms with van der Waals surface area (Å²) in [7, 11) is 0. The third-order valence-corrected chi connectivity index (χ3v) is 6.02. The summed E-state index contributed by atoms with van der Waals surface area (Å²) in [6.45, 7) is 4.69. The number of barbiturate groups is 1. The molecule has 3 aromatic rings. The quantitative estimate of drug-likeness (QED) is 0.266. The summed E-state index contributed by atoms with van der Waals surface area (Å²) in [5.41, 5.74) is 2.64. The summed E-state index contributed by atoms with van der Waals surface area (Å²) in [6.07, 6.45) is 1.42. The van der Waals surface area contributed by atoms with Crippen LogP contribution in [0.5, 0.6) is 11.5 Å². The molecule has 1 heterocycles. The second kappa shape index (κ2) is 9.62. The van der Waals surface area contributed by atoms with Gasteiger partial charge in [-0.1, -0.05) is 36.4 Å². The molecule has 0 spiro atoms. The minimum absolute atomic E-state index is 0.159. The number of urea groups is 1. The van der Waals surface area contributed by atoms with Crippen LogP contribution in [0.4, 0.5) is 4.79 Å². The maximum Gasteiger partial charge on any atom is 0.328 e. The molecule has 168 valence electrons. The van der Waals surface area contributed by atoms with Crippen molar-refractivity contribution in [3.8, 4) is 11.5 Å². The number of fused-ring (bicyclic) bond motifs is 1. The lowest BCUT2D eigenvalue weighted by atomic mass is 10.0. The van der Waals surface area contributed by atoms with Gasteiger partial charge in [0, 0.05) is 5.56 Å². The largest absolute Gasteiger partial charge is 0.490 e. The Hall–Kier alpha value is -3.40. The number of rotatable bonds is 6. The number of halogens is 1. The van der Waals surface area contributed by atoms with Gasteiger partial charge >= 0.3 is 6.03 Å². The predicted octanol–water partition coefficient (Wildman–Crippen LogP) is 4.48. The maximum absolute atomic E-state index is 12.1. The second-order valence-corrected chi connectivity index (χ2v) is 8.59. The summed E-state index contributed by atoms with van der Waals surface area (Å²) < 4.78 is 12.8. The van der Waals surface area contributed by atoms with Crippen LogP contribution in [0.15, 0.2) is 54.1 Å². The molecule has 0 bridgehead atoms. The average molecular weight is 556 g/mol. The van der Waals surface area contributed by atoms with E-state index in [9.17, 15) is 14.4 Å². The zero-order chi connectivity index (χ0) is 23.5. The summed E-state index contributed by atoms with van der Waals surface area (Å²) >= 11 is 2.14. The summed E-state index contributed by atoms with van der Waals surface area (Å²) in [4.78, 5) is 35.4. The van der Waals surface area contributed by atoms with Gasteiger partial charge in [0.05, 0.1) is 10.2 Å². The fourth-order valence-electron chi connectivity index (χ4n) is 3.63. The minimum atomic E-state index is -0.834. The van der Waals surface area contributed by atoms with Crippen LogP contribution in [-0.2, 0) is 16.2 Å². The van der Waals surface area contributed by atoms with E-state index in [-0.39, 0.29) is 5.57 Å². The summed E-state index contributed by atoms with van der Waals surface area (Å²) in [5, 5.41) is 6.42. The number of carbonyl (C=O) groups excluding carboxylic acids is 3. The van der Waals surface area contributed by atoms with Crippen LogP contribution in [-0.4, -0.2) is 24.5 Å². The first-order chi connectivity index (χ1) is 15.9. The highest BCUT2D eigenvalue weighted by molar-refractivity contribution is 14.1. The lowest BCUT2D eigenvalue weighted by molar-refractivity contribution is -0.123. The molecule has 2 N–H and O–H groups in total. The molecule has 4 rings (SSSR count). The van der Waals surface area contributed by atoms with Gasteiger partial charge in [0.1, 0.15) is 12.2 Å². The van der Waals surface area contributed by atoms with Crippen molar-refractivity contribution < 1.29 is 23.9 Å². The summed E-state index contributed by atoms with van der Waals surface area (Å²) in [5.74, 6) is -0.409. The fourth-order valence-corrected chi connectivity index (χ4v) is 4.41. The van der Waals surface area contributed by atoms with Crippen LogP contribution in [0.1, 0.15) is 23.6 Å². The highest BCUT2D eigenvalue weighted by Gasteiger charge is 2.28. The van der Waals surface area contributed by atoms with Crippen LogP contribution in [0.2, 0.25) is 0 Å². The first-order valence-electron chi connectivity index (χ1n) is 10.3. The topological polar surface area (TPSA) is 93.7 Å². The Morgan fingerprint density at radius 3 is 2.42 bits per heavy atom. The van der Waals surface area contributed by atoms with Crippen molar-refractivity contribution in [2.24, 2.45) is 0 Å². The van der Waals surface area contributed by atoms with Gasteiger partial charge in [0.15, 0.2) is 11.5 Å². The van der Waals surface area contributed by atoms with Gasteiger partial charge < -0.3 is 9.47 Å². The van der Waals surface area contributed by atoms with Crippen LogP contribution < -0.4 is 20.1 Å². The monoisotopic (exact) mass is 556 g/mol. The van der Waals surface area contributed by atoms with Gasteiger partial charge in [-0.3, -0.25) is 20.2 Å². The van der Waals surface area contributed by atoms with Crippen molar-refractivity contribution >= 4 is 57.3 Å². The molecule has 0 aliphatic carbocycles. The van der Waals surface area contributed by atoms with E-state index in [1.54, 1.807) is 12.1 Å². The van der Waals surface area contributed by atoms with E-state index >= 15 is 0 Å². The van der Waals surface area contributed by atoms with E-state index in [4.69, 9.17) is 9.47 Å². The van der Waals surface area contributed by atoms with Gasteiger partial charge in [-0.15, -0.1) is 0 Å². The van der Waals surface area contributed by atoms with Crippen molar-refractivity contribution in [2.75, 3.05) is 6.61 Å². The zero-order valence-electron chi connectivity index (χ0n) is 18.0. The number of hydrogen-bond acceptors (Lipinski definition) is 5. The third kappa shape index (κ3) is 4.85. The first-order valence-corrected chi connectivity index (χ1v) is 11.4. The molecule has 4 amide bonds. The number of ether oxygens (including phenoxy) is 2. The molecule has 0 saturated carbocycles. The Labute approximate surface area is 204 Å². The van der Waals surface area contributed by atoms with E-state index in [2.05, 4.69) is 64.4 Å². The molecule has 8 heteroatoms. The molecular weight excluding hydrogens is 535 g/mol. The van der Waals surface area contributed by atoms with Crippen molar-refractivity contribution in [1.82, 2.24) is 10.6 Å². The smallest absolute Gasteiger partial charge is 0.328 e. The standard InChI is InChI=1S/C25H21IN2O5/c1-3-32-21-12-15(10-18-23(29)27-25(31)28-24(18)30)11-20(26)22(21)33-13-19-14(2)8-9-16-6-4-5-7-17(16)19/h4-12H,3,13H2,1-2H3,(H2,27,28,29,30,31). The molecule has 1 aliphatic heterocycles. The second-order valence-electron chi connectivity index (χ2n) is 7.43. The Bertz CT molecular complexity index is 1290. The summed E-state index contributed by atoms with van der Waals surface area (Å²) in [6, 6.07) is 15.0. The Kier molecular flexibility index (Phi) is 6.64. The molecule has 3 aromatic carbocycles. The number of carbonyl (C=O) groups is 3. The van der Waals surface area contributed by atoms with E-state index in [1.165, 1.54) is 6.08 Å². The maximum atomic E-state index is 12.1. The van der Waals surface area contributed by atoms with Crippen LogP contribution >= 0.6 is 22.6 Å². The highest BCUT2D eigenvalue weighted by Crippen LogP contribution is 2.36. The number of benzene rings is 3. The zero-order valence-corrected chi connectivity index (χ0v) is 20.2. The molecule has 0 unspecified atom stereocenters. The normalized spacial score (nSPS) is 13.5. The number of amides is 4. The number of hydrogen-bond donors (Lipinski definition) is 2. The third-order valence-electron chi connectivity index (χ3n) is 5.22. The predicted molar refractivity (Wildman–Crippen MR) is 133 cm³/mol. The van der Waals surface area contributed by atoms with Gasteiger partial charge in [0.2, 0.25) is 0 Å². The molecule has 1 aliphatic rings. The van der Waals surface area contributed by atoms with Gasteiger partial charge in [0.25, 0.3) is 11.8 Å². The van der Waals surface area contributed by atoms with Gasteiger partial charge in [-0.2, -0.15) is 0 Å².